The van der Waals surface area contributed by atoms with Crippen LogP contribution in [0.2, 0.25) is 0 Å². The highest BCUT2D eigenvalue weighted by atomic mass is 19.1. The molecule has 0 aliphatic heterocycles. The molecule has 1 aromatic carbocycles. The van der Waals surface area contributed by atoms with E-state index in [-0.39, 0.29) is 11.7 Å². The second-order valence-corrected chi connectivity index (χ2v) is 4.46. The number of unbranched alkanes of at least 4 members (excludes halogenated alkanes) is 1. The van der Waals surface area contributed by atoms with Gasteiger partial charge in [-0.05, 0) is 25.5 Å². The van der Waals surface area contributed by atoms with E-state index in [1.807, 2.05) is 0 Å². The summed E-state index contributed by atoms with van der Waals surface area (Å²) in [5.74, 6) is -0.361. The van der Waals surface area contributed by atoms with Crippen LogP contribution >= 0.6 is 0 Å². The molecule has 1 rings (SSSR count). The van der Waals surface area contributed by atoms with Crippen molar-refractivity contribution in [2.24, 2.45) is 0 Å². The Morgan fingerprint density at radius 2 is 2.11 bits per heavy atom. The van der Waals surface area contributed by atoms with Crippen LogP contribution in [0.3, 0.4) is 0 Å². The molecule has 0 bridgehead atoms. The van der Waals surface area contributed by atoms with Gasteiger partial charge in [0, 0.05) is 13.6 Å². The molecule has 0 saturated carbocycles. The monoisotopic (exact) mass is 252 g/mol. The Balaban J connectivity index is 2.57. The number of carbonyl (C=O) groups is 1. The summed E-state index contributed by atoms with van der Waals surface area (Å²) in [6, 6.07) is 5.94. The lowest BCUT2D eigenvalue weighted by Gasteiger charge is -2.22. The first-order chi connectivity index (χ1) is 8.56. The molecule has 1 atom stereocenters. The average molecular weight is 252 g/mol. The van der Waals surface area contributed by atoms with E-state index in [9.17, 15) is 9.18 Å². The highest BCUT2D eigenvalue weighted by Crippen LogP contribution is 2.14. The molecule has 100 valence electrons. The third kappa shape index (κ3) is 4.02. The molecular formula is C14H21FN2O. The zero-order chi connectivity index (χ0) is 13.5. The van der Waals surface area contributed by atoms with Crippen LogP contribution in [0.15, 0.2) is 24.3 Å². The minimum atomic E-state index is -0.427. The molecule has 0 heterocycles. The number of carbonyl (C=O) groups excluding carboxylic acids is 1. The van der Waals surface area contributed by atoms with Crippen LogP contribution in [0.25, 0.3) is 0 Å². The van der Waals surface area contributed by atoms with Crippen LogP contribution in [0.5, 0.6) is 0 Å². The second kappa shape index (κ2) is 6.99. The molecule has 0 aliphatic rings. The number of hydrogen-bond acceptors (Lipinski definition) is 2. The molecule has 0 aliphatic carbocycles. The maximum atomic E-state index is 13.4. The van der Waals surface area contributed by atoms with Gasteiger partial charge >= 0.3 is 0 Å². The molecule has 0 spiro atoms. The molecular weight excluding hydrogens is 231 g/mol. The van der Waals surface area contributed by atoms with Gasteiger partial charge in [-0.25, -0.2) is 4.39 Å². The van der Waals surface area contributed by atoms with Crippen LogP contribution in [-0.4, -0.2) is 30.4 Å². The predicted molar refractivity (Wildman–Crippen MR) is 72.0 cm³/mol. The van der Waals surface area contributed by atoms with Gasteiger partial charge in [0.15, 0.2) is 0 Å². The molecule has 1 aromatic rings. The van der Waals surface area contributed by atoms with Crippen molar-refractivity contribution in [3.8, 4) is 0 Å². The molecule has 1 N–H and O–H groups in total. The van der Waals surface area contributed by atoms with Crippen molar-refractivity contribution < 1.29 is 9.18 Å². The lowest BCUT2D eigenvalue weighted by molar-refractivity contribution is -0.130. The summed E-state index contributed by atoms with van der Waals surface area (Å²) in [4.78, 5) is 13.7. The van der Waals surface area contributed by atoms with Crippen molar-refractivity contribution in [1.29, 1.82) is 0 Å². The fraction of sp³-hybridized carbons (Fsp3) is 0.500. The topological polar surface area (TPSA) is 32.3 Å². The van der Waals surface area contributed by atoms with Gasteiger partial charge in [0.05, 0.1) is 5.69 Å². The lowest BCUT2D eigenvalue weighted by atomic mass is 10.2. The third-order valence-electron chi connectivity index (χ3n) is 2.84. The molecule has 1 amide bonds. The van der Waals surface area contributed by atoms with Gasteiger partial charge in [0.1, 0.15) is 11.9 Å². The number of amides is 1. The van der Waals surface area contributed by atoms with Crippen molar-refractivity contribution >= 4 is 11.6 Å². The Labute approximate surface area is 108 Å². The van der Waals surface area contributed by atoms with E-state index >= 15 is 0 Å². The maximum Gasteiger partial charge on any atom is 0.244 e. The molecule has 18 heavy (non-hydrogen) atoms. The maximum absolute atomic E-state index is 13.4. The third-order valence-corrected chi connectivity index (χ3v) is 2.84. The highest BCUT2D eigenvalue weighted by molar-refractivity contribution is 5.84. The van der Waals surface area contributed by atoms with E-state index in [0.717, 1.165) is 19.4 Å². The normalized spacial score (nSPS) is 12.0. The number of rotatable bonds is 6. The number of benzene rings is 1. The van der Waals surface area contributed by atoms with E-state index in [1.165, 1.54) is 6.07 Å². The van der Waals surface area contributed by atoms with E-state index in [2.05, 4.69) is 12.2 Å². The van der Waals surface area contributed by atoms with Gasteiger partial charge in [0.2, 0.25) is 5.91 Å². The Bertz CT molecular complexity index is 395. The zero-order valence-electron chi connectivity index (χ0n) is 11.2. The summed E-state index contributed by atoms with van der Waals surface area (Å²) >= 11 is 0. The van der Waals surface area contributed by atoms with Gasteiger partial charge < -0.3 is 10.2 Å². The number of para-hydroxylation sites is 1. The Hall–Kier alpha value is -1.58. The Morgan fingerprint density at radius 3 is 2.72 bits per heavy atom. The summed E-state index contributed by atoms with van der Waals surface area (Å²) in [7, 11) is 1.78. The fourth-order valence-corrected chi connectivity index (χ4v) is 1.71. The molecule has 0 fully saturated rings. The average Bonchev–Trinajstić information content (AvgIpc) is 2.37. The van der Waals surface area contributed by atoms with Gasteiger partial charge in [0.25, 0.3) is 0 Å². The first kappa shape index (κ1) is 14.5. The molecule has 0 saturated heterocycles. The first-order valence-corrected chi connectivity index (χ1v) is 6.32. The minimum Gasteiger partial charge on any atom is -0.372 e. The van der Waals surface area contributed by atoms with E-state index < -0.39 is 6.04 Å². The number of likely N-dealkylation sites (N-methyl/N-ethyl adjacent to an activating group) is 1. The second-order valence-electron chi connectivity index (χ2n) is 4.46. The first-order valence-electron chi connectivity index (χ1n) is 6.32. The number of hydrogen-bond donors (Lipinski definition) is 1. The number of nitrogens with zero attached hydrogens (tertiary/aromatic N) is 1. The molecule has 1 unspecified atom stereocenters. The molecule has 0 radical (unpaired) electrons. The van der Waals surface area contributed by atoms with E-state index in [4.69, 9.17) is 0 Å². The fourth-order valence-electron chi connectivity index (χ4n) is 1.71. The Kier molecular flexibility index (Phi) is 5.62. The van der Waals surface area contributed by atoms with Gasteiger partial charge in [-0.2, -0.15) is 0 Å². The summed E-state index contributed by atoms with van der Waals surface area (Å²) in [5, 5.41) is 2.90. The van der Waals surface area contributed by atoms with Gasteiger partial charge in [-0.15, -0.1) is 0 Å². The summed E-state index contributed by atoms with van der Waals surface area (Å²) in [6.07, 6.45) is 2.03. The van der Waals surface area contributed by atoms with Gasteiger partial charge in [-0.1, -0.05) is 25.5 Å². The van der Waals surface area contributed by atoms with Crippen LogP contribution in [-0.2, 0) is 4.79 Å². The summed E-state index contributed by atoms with van der Waals surface area (Å²) in [6.45, 7) is 4.56. The van der Waals surface area contributed by atoms with Crippen molar-refractivity contribution in [3.63, 3.8) is 0 Å². The number of anilines is 1. The van der Waals surface area contributed by atoms with Crippen molar-refractivity contribution in [2.75, 3.05) is 18.9 Å². The quantitative estimate of drug-likeness (QED) is 0.844. The van der Waals surface area contributed by atoms with Crippen LogP contribution < -0.4 is 5.32 Å². The predicted octanol–water partition coefficient (Wildman–Crippen LogP) is 2.88. The lowest BCUT2D eigenvalue weighted by Crippen LogP contribution is -2.39. The van der Waals surface area contributed by atoms with Crippen molar-refractivity contribution in [3.05, 3.63) is 30.1 Å². The van der Waals surface area contributed by atoms with Crippen molar-refractivity contribution in [1.82, 2.24) is 4.90 Å². The molecule has 4 heteroatoms. The van der Waals surface area contributed by atoms with E-state index in [1.54, 1.807) is 37.1 Å². The number of nitrogens with one attached hydrogen (secondary N) is 1. The molecule has 0 aromatic heterocycles. The minimum absolute atomic E-state index is 0.0216. The van der Waals surface area contributed by atoms with Gasteiger partial charge in [-0.3, -0.25) is 4.79 Å². The van der Waals surface area contributed by atoms with Crippen molar-refractivity contribution in [2.45, 2.75) is 32.7 Å². The Morgan fingerprint density at radius 1 is 1.44 bits per heavy atom. The van der Waals surface area contributed by atoms with Crippen LogP contribution in [0.4, 0.5) is 10.1 Å². The zero-order valence-corrected chi connectivity index (χ0v) is 11.2. The SMILES string of the molecule is CCCCN(C)C(=O)C(C)Nc1ccccc1F. The number of halogens is 1. The van der Waals surface area contributed by atoms with Crippen LogP contribution in [0.1, 0.15) is 26.7 Å². The largest absolute Gasteiger partial charge is 0.372 e. The standard InChI is InChI=1S/C14H21FN2O/c1-4-5-10-17(3)14(18)11(2)16-13-9-7-6-8-12(13)15/h6-9,11,16H,4-5,10H2,1-3H3. The highest BCUT2D eigenvalue weighted by Gasteiger charge is 2.17. The summed E-state index contributed by atoms with van der Waals surface area (Å²) < 4.78 is 13.4. The summed E-state index contributed by atoms with van der Waals surface area (Å²) in [5.41, 5.74) is 0.363. The van der Waals surface area contributed by atoms with E-state index in [0.29, 0.717) is 5.69 Å². The molecule has 3 nitrogen and oxygen atoms in total. The van der Waals surface area contributed by atoms with Crippen LogP contribution in [0, 0.1) is 5.82 Å². The smallest absolute Gasteiger partial charge is 0.244 e.